The second-order valence-corrected chi connectivity index (χ2v) is 6.90. The van der Waals surface area contributed by atoms with Gasteiger partial charge in [0.2, 0.25) is 5.91 Å². The number of rotatable bonds is 5. The molecule has 1 aromatic carbocycles. The van der Waals surface area contributed by atoms with E-state index in [2.05, 4.69) is 25.8 Å². The van der Waals surface area contributed by atoms with Gasteiger partial charge in [-0.25, -0.2) is 0 Å². The quantitative estimate of drug-likeness (QED) is 0.351. The molecule has 26 heavy (non-hydrogen) atoms. The minimum absolute atomic E-state index is 0. The second kappa shape index (κ2) is 10.7. The van der Waals surface area contributed by atoms with Crippen LogP contribution in [-0.2, 0) is 4.79 Å². The van der Waals surface area contributed by atoms with Gasteiger partial charge >= 0.3 is 0 Å². The van der Waals surface area contributed by atoms with Crippen LogP contribution in [-0.4, -0.2) is 55.5 Å². The first kappa shape index (κ1) is 21.0. The zero-order valence-corrected chi connectivity index (χ0v) is 17.7. The van der Waals surface area contributed by atoms with Gasteiger partial charge in [-0.3, -0.25) is 14.7 Å². The second-order valence-electron chi connectivity index (χ2n) is 6.90. The number of amides is 1. The summed E-state index contributed by atoms with van der Waals surface area (Å²) in [5, 5.41) is 9.43. The highest BCUT2D eigenvalue weighted by Gasteiger charge is 2.30. The molecule has 0 radical (unpaired) electrons. The minimum atomic E-state index is -0.0758. The standard InChI is InChI=1S/C19H29N5O.HI/c1-20-19(21-13-18(25)22-15-7-3-2-4-8-15)23-16-11-12-24(14-16)17-9-5-6-10-17;/h2-4,7-8,16-17H,5-6,9-14H2,1H3,(H,22,25)(H2,20,21,23);1H. The van der Waals surface area contributed by atoms with Crippen LogP contribution in [0, 0.1) is 0 Å². The fraction of sp³-hybridized carbons (Fsp3) is 0.579. The van der Waals surface area contributed by atoms with Crippen LogP contribution in [0.25, 0.3) is 0 Å². The average molecular weight is 471 g/mol. The van der Waals surface area contributed by atoms with Gasteiger partial charge < -0.3 is 16.0 Å². The number of carbonyl (C=O) groups is 1. The van der Waals surface area contributed by atoms with E-state index >= 15 is 0 Å². The van der Waals surface area contributed by atoms with E-state index < -0.39 is 0 Å². The van der Waals surface area contributed by atoms with Crippen LogP contribution in [0.1, 0.15) is 32.1 Å². The monoisotopic (exact) mass is 471 g/mol. The molecule has 1 aromatic rings. The van der Waals surface area contributed by atoms with Crippen LogP contribution in [0.3, 0.4) is 0 Å². The minimum Gasteiger partial charge on any atom is -0.352 e. The van der Waals surface area contributed by atoms with Gasteiger partial charge in [0.05, 0.1) is 6.54 Å². The van der Waals surface area contributed by atoms with Crippen LogP contribution in [0.15, 0.2) is 35.3 Å². The van der Waals surface area contributed by atoms with Crippen molar-refractivity contribution in [1.82, 2.24) is 15.5 Å². The molecule has 2 fully saturated rings. The van der Waals surface area contributed by atoms with E-state index in [0.717, 1.165) is 31.2 Å². The Bertz CT molecular complexity index is 589. The molecule has 7 heteroatoms. The van der Waals surface area contributed by atoms with Crippen molar-refractivity contribution in [3.8, 4) is 0 Å². The summed E-state index contributed by atoms with van der Waals surface area (Å²) in [6, 6.07) is 10.7. The summed E-state index contributed by atoms with van der Waals surface area (Å²) in [6.07, 6.45) is 6.57. The molecule has 144 valence electrons. The molecule has 0 aromatic heterocycles. The molecule has 6 nitrogen and oxygen atoms in total. The third-order valence-electron chi connectivity index (χ3n) is 5.10. The van der Waals surface area contributed by atoms with Crippen molar-refractivity contribution in [1.29, 1.82) is 0 Å². The molecule has 1 unspecified atom stereocenters. The van der Waals surface area contributed by atoms with Crippen molar-refractivity contribution in [2.75, 3.05) is 32.0 Å². The van der Waals surface area contributed by atoms with Crippen molar-refractivity contribution < 1.29 is 4.79 Å². The SMILES string of the molecule is CN=C(NCC(=O)Nc1ccccc1)NC1CCN(C2CCCC2)C1.I. The number of hydrogen-bond acceptors (Lipinski definition) is 3. The van der Waals surface area contributed by atoms with Gasteiger partial charge in [0, 0.05) is 37.9 Å². The number of benzene rings is 1. The highest BCUT2D eigenvalue weighted by Crippen LogP contribution is 2.26. The molecule has 1 heterocycles. The zero-order chi connectivity index (χ0) is 17.5. The first-order chi connectivity index (χ1) is 12.2. The number of hydrogen-bond donors (Lipinski definition) is 3. The molecule has 1 aliphatic carbocycles. The Morgan fingerprint density at radius 1 is 1.19 bits per heavy atom. The van der Waals surface area contributed by atoms with Gasteiger partial charge in [-0.15, -0.1) is 24.0 Å². The van der Waals surface area contributed by atoms with Crippen LogP contribution in [0.2, 0.25) is 0 Å². The van der Waals surface area contributed by atoms with Gasteiger partial charge in [0.1, 0.15) is 0 Å². The van der Waals surface area contributed by atoms with Gasteiger partial charge in [0.15, 0.2) is 5.96 Å². The molecule has 3 rings (SSSR count). The highest BCUT2D eigenvalue weighted by molar-refractivity contribution is 14.0. The lowest BCUT2D eigenvalue weighted by atomic mass is 10.2. The number of nitrogens with zero attached hydrogens (tertiary/aromatic N) is 2. The summed E-state index contributed by atoms with van der Waals surface area (Å²) >= 11 is 0. The van der Waals surface area contributed by atoms with E-state index in [-0.39, 0.29) is 36.4 Å². The van der Waals surface area contributed by atoms with Gasteiger partial charge in [-0.2, -0.15) is 0 Å². The van der Waals surface area contributed by atoms with E-state index in [4.69, 9.17) is 0 Å². The molecule has 1 saturated heterocycles. The fourth-order valence-corrected chi connectivity index (χ4v) is 3.78. The highest BCUT2D eigenvalue weighted by atomic mass is 127. The molecule has 0 bridgehead atoms. The van der Waals surface area contributed by atoms with Gasteiger partial charge in [-0.1, -0.05) is 31.0 Å². The maximum atomic E-state index is 12.0. The van der Waals surface area contributed by atoms with Gasteiger partial charge in [-0.05, 0) is 31.4 Å². The van der Waals surface area contributed by atoms with E-state index in [9.17, 15) is 4.79 Å². The first-order valence-electron chi connectivity index (χ1n) is 9.31. The average Bonchev–Trinajstić information content (AvgIpc) is 3.31. The molecular formula is C19H30IN5O. The molecule has 2 aliphatic rings. The first-order valence-corrected chi connectivity index (χ1v) is 9.31. The summed E-state index contributed by atoms with van der Waals surface area (Å²) < 4.78 is 0. The summed E-state index contributed by atoms with van der Waals surface area (Å²) in [5.41, 5.74) is 0.806. The van der Waals surface area contributed by atoms with Crippen molar-refractivity contribution in [2.45, 2.75) is 44.2 Å². The van der Waals surface area contributed by atoms with E-state index in [0.29, 0.717) is 12.0 Å². The Balaban J connectivity index is 0.00000243. The van der Waals surface area contributed by atoms with Crippen LogP contribution in [0.4, 0.5) is 5.69 Å². The summed E-state index contributed by atoms with van der Waals surface area (Å²) in [4.78, 5) is 18.9. The number of guanidine groups is 1. The lowest BCUT2D eigenvalue weighted by Crippen LogP contribution is -2.47. The Labute approximate surface area is 173 Å². The molecule has 1 aliphatic heterocycles. The van der Waals surface area contributed by atoms with E-state index in [1.54, 1.807) is 7.05 Å². The van der Waals surface area contributed by atoms with Crippen LogP contribution < -0.4 is 16.0 Å². The lowest BCUT2D eigenvalue weighted by Gasteiger charge is -2.24. The Morgan fingerprint density at radius 3 is 2.62 bits per heavy atom. The summed E-state index contributed by atoms with van der Waals surface area (Å²) in [7, 11) is 1.74. The number of likely N-dealkylation sites (tertiary alicyclic amines) is 1. The normalized spacial score (nSPS) is 21.3. The van der Waals surface area contributed by atoms with Crippen molar-refractivity contribution in [3.05, 3.63) is 30.3 Å². The number of para-hydroxylation sites is 1. The number of carbonyl (C=O) groups excluding carboxylic acids is 1. The predicted octanol–water partition coefficient (Wildman–Crippen LogP) is 2.43. The number of nitrogens with one attached hydrogen (secondary N) is 3. The molecule has 0 spiro atoms. The number of anilines is 1. The summed E-state index contributed by atoms with van der Waals surface area (Å²) in [6.45, 7) is 2.43. The smallest absolute Gasteiger partial charge is 0.243 e. The van der Waals surface area contributed by atoms with Crippen molar-refractivity contribution in [3.63, 3.8) is 0 Å². The topological polar surface area (TPSA) is 68.8 Å². The summed E-state index contributed by atoms with van der Waals surface area (Å²) in [5.74, 6) is 0.620. The molecule has 1 saturated carbocycles. The van der Waals surface area contributed by atoms with Crippen LogP contribution >= 0.6 is 24.0 Å². The molecule has 3 N–H and O–H groups in total. The maximum absolute atomic E-state index is 12.0. The molecular weight excluding hydrogens is 441 g/mol. The van der Waals surface area contributed by atoms with E-state index in [1.165, 1.54) is 25.7 Å². The fourth-order valence-electron chi connectivity index (χ4n) is 3.78. The Morgan fingerprint density at radius 2 is 1.92 bits per heavy atom. The Hall–Kier alpha value is -1.35. The van der Waals surface area contributed by atoms with Crippen molar-refractivity contribution in [2.24, 2.45) is 4.99 Å². The molecule has 1 amide bonds. The number of aliphatic imine (C=N–C) groups is 1. The molecule has 1 atom stereocenters. The number of halogens is 1. The third kappa shape index (κ3) is 6.12. The zero-order valence-electron chi connectivity index (χ0n) is 15.4. The van der Waals surface area contributed by atoms with Gasteiger partial charge in [0.25, 0.3) is 0 Å². The predicted molar refractivity (Wildman–Crippen MR) is 117 cm³/mol. The lowest BCUT2D eigenvalue weighted by molar-refractivity contribution is -0.115. The van der Waals surface area contributed by atoms with Crippen LogP contribution in [0.5, 0.6) is 0 Å². The van der Waals surface area contributed by atoms with Crippen molar-refractivity contribution >= 4 is 41.5 Å². The van der Waals surface area contributed by atoms with E-state index in [1.807, 2.05) is 30.3 Å². The third-order valence-corrected chi connectivity index (χ3v) is 5.10. The maximum Gasteiger partial charge on any atom is 0.243 e. The Kier molecular flexibility index (Phi) is 8.64. The largest absolute Gasteiger partial charge is 0.352 e.